The fourth-order valence-corrected chi connectivity index (χ4v) is 5.76. The Kier molecular flexibility index (Phi) is 33.2. The van der Waals surface area contributed by atoms with Crippen molar-refractivity contribution < 1.29 is 47.5 Å². The number of aliphatic carboxylic acids is 1. The van der Waals surface area contributed by atoms with Crippen molar-refractivity contribution in [2.45, 2.75) is 174 Å². The zero-order valence-corrected chi connectivity index (χ0v) is 32.6. The molecule has 51 heavy (non-hydrogen) atoms. The average molecular weight is 744 g/mol. The molecule has 0 bridgehead atoms. The molecule has 0 fully saturated rings. The van der Waals surface area contributed by atoms with E-state index in [2.05, 4.69) is 54.8 Å². The SMILES string of the molecule is CCC/C=C\C/C=C\CCCCCCCC(=O)OC(COC(=O)CCCCCCC/C=C\CCCCCCC)COP(=O)(O)OCC(N)C(=O)O. The number of carboxylic acid groups (broad SMARTS) is 1. The number of ether oxygens (including phenoxy) is 2. The van der Waals surface area contributed by atoms with Crippen LogP contribution in [0.3, 0.4) is 0 Å². The third-order valence-corrected chi connectivity index (χ3v) is 9.04. The zero-order valence-electron chi connectivity index (χ0n) is 31.7. The van der Waals surface area contributed by atoms with Gasteiger partial charge in [-0.2, -0.15) is 0 Å². The number of carbonyl (C=O) groups excluding carboxylic acids is 2. The third kappa shape index (κ3) is 34.5. The van der Waals surface area contributed by atoms with Gasteiger partial charge >= 0.3 is 25.7 Å². The maximum absolute atomic E-state index is 12.6. The van der Waals surface area contributed by atoms with Gasteiger partial charge in [0.1, 0.15) is 12.6 Å². The summed E-state index contributed by atoms with van der Waals surface area (Å²) >= 11 is 0. The van der Waals surface area contributed by atoms with Gasteiger partial charge in [0, 0.05) is 12.8 Å². The lowest BCUT2D eigenvalue weighted by Crippen LogP contribution is -2.34. The largest absolute Gasteiger partial charge is 0.480 e. The first-order valence-electron chi connectivity index (χ1n) is 19.5. The molecule has 0 aromatic rings. The Balaban J connectivity index is 4.46. The summed E-state index contributed by atoms with van der Waals surface area (Å²) in [6.07, 6.45) is 35.0. The van der Waals surface area contributed by atoms with Crippen molar-refractivity contribution in [2.75, 3.05) is 19.8 Å². The Labute approximate surface area is 308 Å². The highest BCUT2D eigenvalue weighted by Gasteiger charge is 2.28. The van der Waals surface area contributed by atoms with Crippen molar-refractivity contribution in [3.05, 3.63) is 36.5 Å². The molecule has 4 N–H and O–H groups in total. The van der Waals surface area contributed by atoms with Gasteiger partial charge in [-0.1, -0.05) is 121 Å². The van der Waals surface area contributed by atoms with Gasteiger partial charge in [-0.05, 0) is 64.2 Å². The van der Waals surface area contributed by atoms with E-state index < -0.39 is 51.1 Å². The molecule has 0 amide bonds. The van der Waals surface area contributed by atoms with E-state index in [1.165, 1.54) is 32.1 Å². The molecule has 3 atom stereocenters. The van der Waals surface area contributed by atoms with Crippen molar-refractivity contribution >= 4 is 25.7 Å². The summed E-state index contributed by atoms with van der Waals surface area (Å²) in [6, 6.07) is -1.52. The second-order valence-electron chi connectivity index (χ2n) is 13.1. The van der Waals surface area contributed by atoms with E-state index in [4.69, 9.17) is 24.8 Å². The van der Waals surface area contributed by atoms with E-state index >= 15 is 0 Å². The molecule has 0 saturated heterocycles. The quantitative estimate of drug-likeness (QED) is 0.0241. The van der Waals surface area contributed by atoms with Gasteiger partial charge in [-0.3, -0.25) is 23.4 Å². The van der Waals surface area contributed by atoms with Crippen molar-refractivity contribution in [1.29, 1.82) is 0 Å². The number of hydrogen-bond acceptors (Lipinski definition) is 9. The molecule has 0 radical (unpaired) electrons. The smallest absolute Gasteiger partial charge is 0.472 e. The fraction of sp³-hybridized carbons (Fsp3) is 0.769. The fourth-order valence-electron chi connectivity index (χ4n) is 4.98. The number of phosphoric acid groups is 1. The number of esters is 2. The summed E-state index contributed by atoms with van der Waals surface area (Å²) in [4.78, 5) is 45.7. The van der Waals surface area contributed by atoms with Crippen LogP contribution in [-0.2, 0) is 37.5 Å². The van der Waals surface area contributed by atoms with Crippen molar-refractivity contribution in [3.63, 3.8) is 0 Å². The van der Waals surface area contributed by atoms with Crippen molar-refractivity contribution in [1.82, 2.24) is 0 Å². The molecule has 3 unspecified atom stereocenters. The summed E-state index contributed by atoms with van der Waals surface area (Å²) < 4.78 is 32.5. The van der Waals surface area contributed by atoms with Crippen molar-refractivity contribution in [2.24, 2.45) is 5.73 Å². The summed E-state index contributed by atoms with van der Waals surface area (Å²) in [5.41, 5.74) is 5.31. The second kappa shape index (κ2) is 34.8. The van der Waals surface area contributed by atoms with Crippen molar-refractivity contribution in [3.8, 4) is 0 Å². The van der Waals surface area contributed by atoms with E-state index in [-0.39, 0.29) is 19.4 Å². The monoisotopic (exact) mass is 743 g/mol. The number of phosphoric ester groups is 1. The number of allylic oxidation sites excluding steroid dienone is 6. The van der Waals surface area contributed by atoms with Gasteiger partial charge in [-0.25, -0.2) is 4.57 Å². The molecule has 0 rings (SSSR count). The Morgan fingerprint density at radius 1 is 0.608 bits per heavy atom. The minimum Gasteiger partial charge on any atom is -0.480 e. The standard InChI is InChI=1S/C39H70NO10P/c1-3-5-7-9-11-13-15-17-19-20-22-24-26-28-30-37(41)47-32-35(33-48-51(45,46)49-34-36(40)39(43)44)50-38(42)31-29-27-25-23-21-18-16-14-12-10-8-6-4-2/h8,10,14-17,35-36H,3-7,9,11-13,18-34,40H2,1-2H3,(H,43,44)(H,45,46)/b10-8-,16-14-,17-15-. The molecule has 11 nitrogen and oxygen atoms in total. The van der Waals surface area contributed by atoms with E-state index in [0.717, 1.165) is 89.9 Å². The van der Waals surface area contributed by atoms with Gasteiger partial charge in [0.2, 0.25) is 0 Å². The van der Waals surface area contributed by atoms with Crippen LogP contribution in [0.5, 0.6) is 0 Å². The first kappa shape index (κ1) is 48.7. The molecular weight excluding hydrogens is 673 g/mol. The van der Waals surface area contributed by atoms with E-state index in [9.17, 15) is 23.8 Å². The van der Waals surface area contributed by atoms with Crippen LogP contribution in [0.2, 0.25) is 0 Å². The summed E-state index contributed by atoms with van der Waals surface area (Å²) in [6.45, 7) is 2.68. The predicted octanol–water partition coefficient (Wildman–Crippen LogP) is 9.67. The molecule has 0 heterocycles. The van der Waals surface area contributed by atoms with Crippen LogP contribution in [0.1, 0.15) is 162 Å². The number of carbonyl (C=O) groups is 3. The molecule has 12 heteroatoms. The predicted molar refractivity (Wildman–Crippen MR) is 203 cm³/mol. The van der Waals surface area contributed by atoms with Crippen LogP contribution in [-0.4, -0.2) is 59.9 Å². The molecule has 0 aromatic carbocycles. The molecular formula is C39H70NO10P. The highest BCUT2D eigenvalue weighted by Crippen LogP contribution is 2.43. The molecule has 0 aliphatic rings. The van der Waals surface area contributed by atoms with E-state index in [0.29, 0.717) is 12.8 Å². The summed E-state index contributed by atoms with van der Waals surface area (Å²) in [5, 5.41) is 8.86. The maximum atomic E-state index is 12.6. The number of nitrogens with two attached hydrogens (primary N) is 1. The van der Waals surface area contributed by atoms with Crippen LogP contribution in [0.4, 0.5) is 0 Å². The van der Waals surface area contributed by atoms with Gasteiger partial charge in [0.25, 0.3) is 0 Å². The second-order valence-corrected chi connectivity index (χ2v) is 14.5. The van der Waals surface area contributed by atoms with Crippen LogP contribution < -0.4 is 5.73 Å². The molecule has 0 aliphatic heterocycles. The number of rotatable bonds is 36. The summed E-state index contributed by atoms with van der Waals surface area (Å²) in [5.74, 6) is -2.41. The van der Waals surface area contributed by atoms with E-state index in [1.807, 2.05) is 0 Å². The third-order valence-electron chi connectivity index (χ3n) is 8.09. The van der Waals surface area contributed by atoms with Crippen LogP contribution in [0.15, 0.2) is 36.5 Å². The lowest BCUT2D eigenvalue weighted by molar-refractivity contribution is -0.161. The van der Waals surface area contributed by atoms with Gasteiger partial charge in [0.15, 0.2) is 6.10 Å². The highest BCUT2D eigenvalue weighted by atomic mass is 31.2. The Morgan fingerprint density at radius 3 is 1.63 bits per heavy atom. The normalized spacial score (nSPS) is 14.3. The maximum Gasteiger partial charge on any atom is 0.472 e. The van der Waals surface area contributed by atoms with Gasteiger partial charge < -0.3 is 25.2 Å². The number of unbranched alkanes of at least 4 members (excludes halogenated alkanes) is 16. The first-order chi connectivity index (χ1) is 24.6. The minimum atomic E-state index is -4.71. The lowest BCUT2D eigenvalue weighted by atomic mass is 10.1. The molecule has 0 aromatic heterocycles. The Hall–Kier alpha value is -2.30. The number of hydrogen-bond donors (Lipinski definition) is 3. The Morgan fingerprint density at radius 2 is 1.08 bits per heavy atom. The van der Waals surface area contributed by atoms with Crippen LogP contribution >= 0.6 is 7.82 Å². The zero-order chi connectivity index (χ0) is 37.8. The number of carboxylic acids is 1. The summed E-state index contributed by atoms with van der Waals surface area (Å²) in [7, 11) is -4.71. The molecule has 0 spiro atoms. The van der Waals surface area contributed by atoms with Crippen LogP contribution in [0, 0.1) is 0 Å². The first-order valence-corrected chi connectivity index (χ1v) is 21.0. The van der Waals surface area contributed by atoms with Gasteiger partial charge in [0.05, 0.1) is 13.2 Å². The van der Waals surface area contributed by atoms with Gasteiger partial charge in [-0.15, -0.1) is 0 Å². The lowest BCUT2D eigenvalue weighted by Gasteiger charge is -2.20. The topological polar surface area (TPSA) is 172 Å². The minimum absolute atomic E-state index is 0.143. The average Bonchev–Trinajstić information content (AvgIpc) is 3.10. The highest BCUT2D eigenvalue weighted by molar-refractivity contribution is 7.47. The van der Waals surface area contributed by atoms with Crippen LogP contribution in [0.25, 0.3) is 0 Å². The molecule has 296 valence electrons. The molecule has 0 saturated carbocycles. The van der Waals surface area contributed by atoms with E-state index in [1.54, 1.807) is 0 Å². The Bertz CT molecular complexity index is 1020. The molecule has 0 aliphatic carbocycles.